The number of amides is 2. The lowest BCUT2D eigenvalue weighted by molar-refractivity contribution is -0.140. The number of hydrogen-bond acceptors (Lipinski definition) is 9. The number of hydrogen-bond donors (Lipinski definition) is 1. The second-order valence-electron chi connectivity index (χ2n) is 12.9. The van der Waals surface area contributed by atoms with E-state index in [0.717, 1.165) is 9.87 Å². The van der Waals surface area contributed by atoms with E-state index < -0.39 is 40.0 Å². The average Bonchev–Trinajstić information content (AvgIpc) is 3.14. The van der Waals surface area contributed by atoms with Crippen LogP contribution in [-0.2, 0) is 32.6 Å². The number of carbonyl (C=O) groups is 2. The van der Waals surface area contributed by atoms with Gasteiger partial charge in [0.1, 0.15) is 29.8 Å². The van der Waals surface area contributed by atoms with Gasteiger partial charge in [0.05, 0.1) is 46.1 Å². The lowest BCUT2D eigenvalue weighted by Gasteiger charge is -2.35. The Hall–Kier alpha value is -5.43. The molecule has 0 fully saturated rings. The molecule has 52 heavy (non-hydrogen) atoms. The highest BCUT2D eigenvalue weighted by Crippen LogP contribution is 2.38. The summed E-state index contributed by atoms with van der Waals surface area (Å²) in [6.07, 6.45) is 0.156. The fourth-order valence-electron chi connectivity index (χ4n) is 5.58. The van der Waals surface area contributed by atoms with Crippen molar-refractivity contribution >= 4 is 27.5 Å². The van der Waals surface area contributed by atoms with E-state index in [1.165, 1.54) is 64.7 Å². The lowest BCUT2D eigenvalue weighted by Crippen LogP contribution is -2.56. The Morgan fingerprint density at radius 1 is 0.692 bits per heavy atom. The zero-order valence-corrected chi connectivity index (χ0v) is 31.7. The third-order valence-electron chi connectivity index (χ3n) is 8.13. The van der Waals surface area contributed by atoms with Crippen molar-refractivity contribution in [3.8, 4) is 28.7 Å². The van der Waals surface area contributed by atoms with E-state index in [-0.39, 0.29) is 35.0 Å². The third kappa shape index (κ3) is 9.66. The zero-order valence-electron chi connectivity index (χ0n) is 30.8. The first kappa shape index (κ1) is 39.4. The van der Waals surface area contributed by atoms with Gasteiger partial charge in [0, 0.05) is 30.6 Å². The number of carbonyl (C=O) groups excluding carboxylic acids is 2. The highest BCUT2D eigenvalue weighted by Gasteiger charge is 2.37. The Morgan fingerprint density at radius 2 is 1.31 bits per heavy atom. The van der Waals surface area contributed by atoms with Crippen LogP contribution < -0.4 is 33.3 Å². The molecular weight excluding hydrogens is 687 g/mol. The molecule has 4 aromatic rings. The summed E-state index contributed by atoms with van der Waals surface area (Å²) in [7, 11) is 2.70. The van der Waals surface area contributed by atoms with Crippen LogP contribution in [0.2, 0.25) is 0 Å². The summed E-state index contributed by atoms with van der Waals surface area (Å²) in [5.74, 6) is 0.499. The van der Waals surface area contributed by atoms with Crippen molar-refractivity contribution in [2.45, 2.75) is 50.2 Å². The van der Waals surface area contributed by atoms with Crippen molar-refractivity contribution in [2.24, 2.45) is 0 Å². The van der Waals surface area contributed by atoms with Gasteiger partial charge in [-0.05, 0) is 68.3 Å². The first-order valence-electron chi connectivity index (χ1n) is 16.5. The normalized spacial score (nSPS) is 11.9. The first-order chi connectivity index (χ1) is 24.7. The summed E-state index contributed by atoms with van der Waals surface area (Å²) in [5.41, 5.74) is 0.893. The summed E-state index contributed by atoms with van der Waals surface area (Å²) in [5, 5.41) is 3.03. The van der Waals surface area contributed by atoms with Gasteiger partial charge in [-0.2, -0.15) is 0 Å². The van der Waals surface area contributed by atoms with E-state index in [0.29, 0.717) is 22.8 Å². The molecule has 0 heterocycles. The number of nitrogens with zero attached hydrogens (tertiary/aromatic N) is 2. The highest BCUT2D eigenvalue weighted by molar-refractivity contribution is 7.92. The quantitative estimate of drug-likeness (QED) is 0.159. The van der Waals surface area contributed by atoms with Gasteiger partial charge in [0.2, 0.25) is 11.8 Å². The molecule has 0 aromatic heterocycles. The van der Waals surface area contributed by atoms with Gasteiger partial charge in [-0.3, -0.25) is 13.9 Å². The molecule has 278 valence electrons. The monoisotopic (exact) mass is 733 g/mol. The van der Waals surface area contributed by atoms with Crippen LogP contribution in [0.1, 0.15) is 31.9 Å². The van der Waals surface area contributed by atoms with Crippen molar-refractivity contribution < 1.29 is 41.7 Å². The molecule has 2 amide bonds. The Labute approximate surface area is 306 Å². The molecule has 13 heteroatoms. The fourth-order valence-corrected chi connectivity index (χ4v) is 7.02. The van der Waals surface area contributed by atoms with E-state index in [2.05, 4.69) is 5.32 Å². The second kappa shape index (κ2) is 17.2. The Balaban J connectivity index is 1.92. The van der Waals surface area contributed by atoms with Gasteiger partial charge in [-0.25, -0.2) is 8.42 Å². The van der Waals surface area contributed by atoms with Crippen LogP contribution in [0.15, 0.2) is 95.9 Å². The summed E-state index contributed by atoms with van der Waals surface area (Å²) in [6, 6.07) is 24.2. The van der Waals surface area contributed by atoms with Crippen molar-refractivity contribution in [3.05, 3.63) is 102 Å². The Kier molecular flexibility index (Phi) is 13.0. The van der Waals surface area contributed by atoms with Gasteiger partial charge in [0.15, 0.2) is 11.5 Å². The maximum Gasteiger partial charge on any atom is 0.265 e. The third-order valence-corrected chi connectivity index (χ3v) is 9.89. The molecule has 0 unspecified atom stereocenters. The standard InChI is InChI=1S/C39H47N3O9S/c1-39(2,3)40-38(44)33(22-27-13-10-9-11-14-27)41(25-28-15-12-16-29(21-28)47-4)37(43)26-42(32-23-30(48-5)17-19-34(32)49-6)52(45,46)31-18-20-35(50-7)36(24-31)51-8/h9-21,23-24,33H,22,25-26H2,1-8H3,(H,40,44)/t33-/m1/s1. The maximum absolute atomic E-state index is 14.9. The summed E-state index contributed by atoms with van der Waals surface area (Å²) in [4.78, 5) is 30.4. The minimum Gasteiger partial charge on any atom is -0.497 e. The average molecular weight is 734 g/mol. The topological polar surface area (TPSA) is 133 Å². The summed E-state index contributed by atoms with van der Waals surface area (Å²) < 4.78 is 57.7. The lowest BCUT2D eigenvalue weighted by atomic mass is 10.0. The second-order valence-corrected chi connectivity index (χ2v) is 14.7. The van der Waals surface area contributed by atoms with Crippen LogP contribution in [0, 0.1) is 0 Å². The number of nitrogens with one attached hydrogen (secondary N) is 1. The number of ether oxygens (including phenoxy) is 5. The van der Waals surface area contributed by atoms with Crippen molar-refractivity contribution in [1.29, 1.82) is 0 Å². The molecular formula is C39H47N3O9S. The molecule has 0 saturated heterocycles. The van der Waals surface area contributed by atoms with Gasteiger partial charge in [-0.1, -0.05) is 42.5 Å². The predicted molar refractivity (Wildman–Crippen MR) is 199 cm³/mol. The molecule has 1 N–H and O–H groups in total. The van der Waals surface area contributed by atoms with E-state index in [4.69, 9.17) is 23.7 Å². The summed E-state index contributed by atoms with van der Waals surface area (Å²) in [6.45, 7) is 4.81. The molecule has 0 aliphatic heterocycles. The summed E-state index contributed by atoms with van der Waals surface area (Å²) >= 11 is 0. The SMILES string of the molecule is COc1cccc(CN(C(=O)CN(c2cc(OC)ccc2OC)S(=O)(=O)c2ccc(OC)c(OC)c2)[C@H](Cc2ccccc2)C(=O)NC(C)(C)C)c1. The van der Waals surface area contributed by atoms with Gasteiger partial charge >= 0.3 is 0 Å². The number of rotatable bonds is 16. The van der Waals surface area contributed by atoms with Crippen molar-refractivity contribution in [3.63, 3.8) is 0 Å². The number of methoxy groups -OCH3 is 5. The Morgan fingerprint density at radius 3 is 1.92 bits per heavy atom. The number of benzene rings is 4. The minimum absolute atomic E-state index is 0.0371. The van der Waals surface area contributed by atoms with Crippen LogP contribution in [0.3, 0.4) is 0 Å². The van der Waals surface area contributed by atoms with Crippen LogP contribution in [0.5, 0.6) is 28.7 Å². The van der Waals surface area contributed by atoms with Gasteiger partial charge in [0.25, 0.3) is 10.0 Å². The fraction of sp³-hybridized carbons (Fsp3) is 0.333. The molecule has 0 spiro atoms. The zero-order chi connectivity index (χ0) is 38.1. The molecule has 4 aromatic carbocycles. The van der Waals surface area contributed by atoms with Crippen LogP contribution >= 0.6 is 0 Å². The molecule has 0 radical (unpaired) electrons. The number of anilines is 1. The molecule has 0 aliphatic rings. The van der Waals surface area contributed by atoms with E-state index >= 15 is 0 Å². The van der Waals surface area contributed by atoms with Crippen LogP contribution in [0.25, 0.3) is 0 Å². The predicted octanol–water partition coefficient (Wildman–Crippen LogP) is 5.48. The van der Waals surface area contributed by atoms with E-state index in [1.807, 2.05) is 57.2 Å². The van der Waals surface area contributed by atoms with E-state index in [9.17, 15) is 18.0 Å². The molecule has 0 aliphatic carbocycles. The smallest absolute Gasteiger partial charge is 0.265 e. The molecule has 4 rings (SSSR count). The first-order valence-corrected chi connectivity index (χ1v) is 17.9. The number of sulfonamides is 1. The highest BCUT2D eigenvalue weighted by atomic mass is 32.2. The molecule has 0 bridgehead atoms. The van der Waals surface area contributed by atoms with E-state index in [1.54, 1.807) is 30.3 Å². The molecule has 1 atom stereocenters. The van der Waals surface area contributed by atoms with Crippen molar-refractivity contribution in [1.82, 2.24) is 10.2 Å². The molecule has 12 nitrogen and oxygen atoms in total. The van der Waals surface area contributed by atoms with Crippen LogP contribution in [-0.4, -0.2) is 78.8 Å². The van der Waals surface area contributed by atoms with Crippen molar-refractivity contribution in [2.75, 3.05) is 46.4 Å². The minimum atomic E-state index is -4.52. The van der Waals surface area contributed by atoms with Gasteiger partial charge < -0.3 is 33.9 Å². The van der Waals surface area contributed by atoms with Gasteiger partial charge in [-0.15, -0.1) is 0 Å². The maximum atomic E-state index is 14.9. The van der Waals surface area contributed by atoms with Crippen LogP contribution in [0.4, 0.5) is 5.69 Å². The largest absolute Gasteiger partial charge is 0.497 e. The Bertz CT molecular complexity index is 1950. The molecule has 0 saturated carbocycles.